The van der Waals surface area contributed by atoms with Gasteiger partial charge in [0.25, 0.3) is 0 Å². The molecule has 0 aromatic heterocycles. The van der Waals surface area contributed by atoms with Crippen LogP contribution in [0, 0.1) is 0 Å². The monoisotopic (exact) mass is 454 g/mol. The summed E-state index contributed by atoms with van der Waals surface area (Å²) in [6.07, 6.45) is 2.10. The van der Waals surface area contributed by atoms with Crippen LogP contribution in [-0.2, 0) is 19.6 Å². The molecule has 3 rings (SSSR count). The zero-order valence-corrected chi connectivity index (χ0v) is 18.2. The molecule has 1 aliphatic heterocycles. The van der Waals surface area contributed by atoms with E-state index in [1.165, 1.54) is 12.1 Å². The van der Waals surface area contributed by atoms with E-state index in [2.05, 4.69) is 10.0 Å². The van der Waals surface area contributed by atoms with Crippen molar-refractivity contribution >= 4 is 45.0 Å². The average Bonchev–Trinajstić information content (AvgIpc) is 3.22. The molecule has 1 heterocycles. The normalized spacial score (nSPS) is 16.7. The van der Waals surface area contributed by atoms with Crippen molar-refractivity contribution in [2.24, 2.45) is 0 Å². The fraction of sp³-hybridized carbons (Fsp3) is 0.350. The highest BCUT2D eigenvalue weighted by Gasteiger charge is 2.20. The zero-order valence-electron chi connectivity index (χ0n) is 15.8. The van der Waals surface area contributed by atoms with Gasteiger partial charge in [0.2, 0.25) is 15.9 Å². The Morgan fingerprint density at radius 1 is 1.14 bits per heavy atom. The summed E-state index contributed by atoms with van der Waals surface area (Å²) in [6, 6.07) is 13.6. The van der Waals surface area contributed by atoms with E-state index in [9.17, 15) is 13.2 Å². The maximum Gasteiger partial charge on any atom is 0.240 e. The SMILES string of the molecule is O=C(CCSc1ccc(Cl)cc1)Nc1ccc(S(=O)(=O)NCC2CCCO2)cc1. The van der Waals surface area contributed by atoms with Gasteiger partial charge in [-0.1, -0.05) is 11.6 Å². The number of sulfonamides is 1. The Balaban J connectivity index is 1.45. The van der Waals surface area contributed by atoms with Crippen LogP contribution in [0.15, 0.2) is 58.3 Å². The van der Waals surface area contributed by atoms with E-state index in [0.29, 0.717) is 29.5 Å². The third-order valence-electron chi connectivity index (χ3n) is 4.38. The molecule has 0 radical (unpaired) electrons. The van der Waals surface area contributed by atoms with Crippen LogP contribution in [0.3, 0.4) is 0 Å². The zero-order chi connectivity index (χ0) is 20.7. The lowest BCUT2D eigenvalue weighted by molar-refractivity contribution is -0.115. The number of rotatable bonds is 9. The van der Waals surface area contributed by atoms with E-state index >= 15 is 0 Å². The largest absolute Gasteiger partial charge is 0.377 e. The van der Waals surface area contributed by atoms with Gasteiger partial charge < -0.3 is 10.1 Å². The molecule has 2 N–H and O–H groups in total. The number of ether oxygens (including phenoxy) is 1. The van der Waals surface area contributed by atoms with E-state index in [4.69, 9.17) is 16.3 Å². The molecule has 1 unspecified atom stereocenters. The molecule has 0 aliphatic carbocycles. The van der Waals surface area contributed by atoms with Crippen LogP contribution in [0.5, 0.6) is 0 Å². The van der Waals surface area contributed by atoms with Gasteiger partial charge in [-0.3, -0.25) is 4.79 Å². The Morgan fingerprint density at radius 3 is 2.52 bits per heavy atom. The highest BCUT2D eigenvalue weighted by molar-refractivity contribution is 7.99. The summed E-state index contributed by atoms with van der Waals surface area (Å²) in [5.74, 6) is 0.506. The van der Waals surface area contributed by atoms with Crippen LogP contribution in [0.2, 0.25) is 5.02 Å². The predicted octanol–water partition coefficient (Wildman–Crippen LogP) is 3.92. The number of anilines is 1. The highest BCUT2D eigenvalue weighted by atomic mass is 35.5. The third kappa shape index (κ3) is 7.01. The van der Waals surface area contributed by atoms with Gasteiger partial charge in [0.05, 0.1) is 11.0 Å². The lowest BCUT2D eigenvalue weighted by atomic mass is 10.2. The summed E-state index contributed by atoms with van der Waals surface area (Å²) < 4.78 is 32.7. The van der Waals surface area contributed by atoms with Crippen LogP contribution in [0.1, 0.15) is 19.3 Å². The first-order valence-electron chi connectivity index (χ1n) is 9.32. The molecule has 0 bridgehead atoms. The smallest absolute Gasteiger partial charge is 0.240 e. The highest BCUT2D eigenvalue weighted by Crippen LogP contribution is 2.21. The molecule has 0 spiro atoms. The second kappa shape index (κ2) is 10.4. The fourth-order valence-corrected chi connectivity index (χ4v) is 4.87. The number of amides is 1. The molecule has 2 aromatic rings. The molecule has 29 heavy (non-hydrogen) atoms. The van der Waals surface area contributed by atoms with Gasteiger partial charge in [-0.05, 0) is 61.4 Å². The first-order valence-corrected chi connectivity index (χ1v) is 12.2. The molecule has 1 amide bonds. The Labute approximate surface area is 180 Å². The second-order valence-electron chi connectivity index (χ2n) is 6.61. The number of carbonyl (C=O) groups is 1. The Hall–Kier alpha value is -1.58. The van der Waals surface area contributed by atoms with Crippen molar-refractivity contribution < 1.29 is 17.9 Å². The minimum atomic E-state index is -3.60. The minimum absolute atomic E-state index is 0.0610. The molecule has 6 nitrogen and oxygen atoms in total. The number of hydrogen-bond acceptors (Lipinski definition) is 5. The number of carbonyl (C=O) groups excluding carboxylic acids is 1. The molecular formula is C20H23ClN2O4S2. The fourth-order valence-electron chi connectivity index (χ4n) is 2.82. The number of benzene rings is 2. The van der Waals surface area contributed by atoms with E-state index < -0.39 is 10.0 Å². The van der Waals surface area contributed by atoms with Crippen molar-refractivity contribution in [3.05, 3.63) is 53.6 Å². The quantitative estimate of drug-likeness (QED) is 0.561. The summed E-state index contributed by atoms with van der Waals surface area (Å²) in [5.41, 5.74) is 0.560. The predicted molar refractivity (Wildman–Crippen MR) is 116 cm³/mol. The molecule has 2 aromatic carbocycles. The van der Waals surface area contributed by atoms with Gasteiger partial charge in [-0.25, -0.2) is 13.1 Å². The van der Waals surface area contributed by atoms with Crippen LogP contribution >= 0.6 is 23.4 Å². The summed E-state index contributed by atoms with van der Waals surface area (Å²) >= 11 is 7.42. The minimum Gasteiger partial charge on any atom is -0.377 e. The lowest BCUT2D eigenvalue weighted by Crippen LogP contribution is -2.31. The van der Waals surface area contributed by atoms with Gasteiger partial charge in [-0.15, -0.1) is 11.8 Å². The summed E-state index contributed by atoms with van der Waals surface area (Å²) in [7, 11) is -3.60. The Bertz CT molecular complexity index is 913. The topological polar surface area (TPSA) is 84.5 Å². The van der Waals surface area contributed by atoms with Crippen molar-refractivity contribution in [2.75, 3.05) is 24.2 Å². The Morgan fingerprint density at radius 2 is 1.86 bits per heavy atom. The summed E-state index contributed by atoms with van der Waals surface area (Å²) in [5, 5.41) is 3.46. The lowest BCUT2D eigenvalue weighted by Gasteiger charge is -2.12. The van der Waals surface area contributed by atoms with Gasteiger partial charge in [0.1, 0.15) is 0 Å². The number of halogens is 1. The van der Waals surface area contributed by atoms with Crippen molar-refractivity contribution in [2.45, 2.75) is 35.2 Å². The van der Waals surface area contributed by atoms with E-state index in [-0.39, 0.29) is 23.5 Å². The van der Waals surface area contributed by atoms with Crippen molar-refractivity contribution in [1.82, 2.24) is 4.72 Å². The first kappa shape index (κ1) is 22.1. The molecule has 156 valence electrons. The van der Waals surface area contributed by atoms with Crippen molar-refractivity contribution in [3.8, 4) is 0 Å². The number of hydrogen-bond donors (Lipinski definition) is 2. The van der Waals surface area contributed by atoms with Crippen LogP contribution in [-0.4, -0.2) is 39.3 Å². The van der Waals surface area contributed by atoms with E-state index in [1.807, 2.05) is 24.3 Å². The van der Waals surface area contributed by atoms with Gasteiger partial charge in [0, 0.05) is 40.9 Å². The molecule has 0 saturated carbocycles. The van der Waals surface area contributed by atoms with Gasteiger partial charge >= 0.3 is 0 Å². The standard InChI is InChI=1S/C20H23ClN2O4S2/c21-15-3-7-18(8-4-15)28-13-11-20(24)23-16-5-9-19(10-6-16)29(25,26)22-14-17-2-1-12-27-17/h3-10,17,22H,1-2,11-14H2,(H,23,24). The number of thioether (sulfide) groups is 1. The average molecular weight is 455 g/mol. The van der Waals surface area contributed by atoms with Gasteiger partial charge in [-0.2, -0.15) is 0 Å². The van der Waals surface area contributed by atoms with Crippen molar-refractivity contribution in [3.63, 3.8) is 0 Å². The van der Waals surface area contributed by atoms with Crippen molar-refractivity contribution in [1.29, 1.82) is 0 Å². The molecule has 1 fully saturated rings. The first-order chi connectivity index (χ1) is 13.9. The molecule has 9 heteroatoms. The van der Waals surface area contributed by atoms with Crippen LogP contribution in [0.25, 0.3) is 0 Å². The summed E-state index contributed by atoms with van der Waals surface area (Å²) in [4.78, 5) is 13.3. The third-order valence-corrected chi connectivity index (χ3v) is 7.09. The summed E-state index contributed by atoms with van der Waals surface area (Å²) in [6.45, 7) is 0.950. The maximum absolute atomic E-state index is 12.4. The van der Waals surface area contributed by atoms with E-state index in [1.54, 1.807) is 23.9 Å². The number of nitrogens with one attached hydrogen (secondary N) is 2. The molecule has 1 saturated heterocycles. The molecular weight excluding hydrogens is 432 g/mol. The molecule has 1 atom stereocenters. The molecule has 1 aliphatic rings. The second-order valence-corrected chi connectivity index (χ2v) is 9.98. The van der Waals surface area contributed by atoms with Crippen LogP contribution < -0.4 is 10.0 Å². The Kier molecular flexibility index (Phi) is 7.97. The van der Waals surface area contributed by atoms with E-state index in [0.717, 1.165) is 17.7 Å². The van der Waals surface area contributed by atoms with Crippen LogP contribution in [0.4, 0.5) is 5.69 Å². The van der Waals surface area contributed by atoms with Gasteiger partial charge in [0.15, 0.2) is 0 Å². The maximum atomic E-state index is 12.4.